The van der Waals surface area contributed by atoms with Crippen LogP contribution in [0.3, 0.4) is 0 Å². The molecule has 0 spiro atoms. The van der Waals surface area contributed by atoms with Crippen molar-refractivity contribution in [1.29, 1.82) is 0 Å². The predicted molar refractivity (Wildman–Crippen MR) is 203 cm³/mol. The molecule has 0 aliphatic carbocycles. The minimum absolute atomic E-state index is 0.0937. The van der Waals surface area contributed by atoms with Crippen molar-refractivity contribution in [3.05, 3.63) is 35.9 Å². The molecule has 7 atom stereocenters. The van der Waals surface area contributed by atoms with E-state index in [1.165, 1.54) is 0 Å². The Hall–Kier alpha value is -4.00. The van der Waals surface area contributed by atoms with Crippen LogP contribution in [0.1, 0.15) is 107 Å². The second-order valence-corrected chi connectivity index (χ2v) is 16.3. The Labute approximate surface area is 310 Å². The van der Waals surface area contributed by atoms with Gasteiger partial charge in [0, 0.05) is 24.9 Å². The molecular formula is C39H66N6O7. The smallest absolute Gasteiger partial charge is 0.326 e. The summed E-state index contributed by atoms with van der Waals surface area (Å²) in [5, 5.41) is 23.6. The van der Waals surface area contributed by atoms with E-state index in [0.717, 1.165) is 5.56 Å². The average molecular weight is 731 g/mol. The minimum atomic E-state index is -1.17. The van der Waals surface area contributed by atoms with Gasteiger partial charge in [-0.3, -0.25) is 24.0 Å². The Morgan fingerprint density at radius 2 is 1.29 bits per heavy atom. The van der Waals surface area contributed by atoms with E-state index in [0.29, 0.717) is 12.8 Å². The highest BCUT2D eigenvalue weighted by atomic mass is 16.4. The summed E-state index contributed by atoms with van der Waals surface area (Å²) in [7, 11) is 0. The van der Waals surface area contributed by atoms with Crippen molar-refractivity contribution in [3.8, 4) is 0 Å². The SMILES string of the molecule is CCC(C)C(NC(=O)CC(N)C(Cc1ccccc1)NC(=O)C(NC(=O)C(CC(C)C)NC(=O)CC(C)C)C(C)(C)C)C(=O)NC(C(=O)O)C(C)C. The van der Waals surface area contributed by atoms with Gasteiger partial charge in [0.25, 0.3) is 0 Å². The highest BCUT2D eigenvalue weighted by Gasteiger charge is 2.37. The Morgan fingerprint density at radius 1 is 0.712 bits per heavy atom. The molecule has 1 rings (SSSR count). The Bertz CT molecular complexity index is 1330. The maximum Gasteiger partial charge on any atom is 0.326 e. The summed E-state index contributed by atoms with van der Waals surface area (Å²) >= 11 is 0. The van der Waals surface area contributed by atoms with Gasteiger partial charge in [0.2, 0.25) is 29.5 Å². The van der Waals surface area contributed by atoms with Gasteiger partial charge >= 0.3 is 5.97 Å². The van der Waals surface area contributed by atoms with Crippen LogP contribution in [-0.2, 0) is 35.2 Å². The van der Waals surface area contributed by atoms with Gasteiger partial charge in [-0.1, -0.05) is 113 Å². The van der Waals surface area contributed by atoms with Gasteiger partial charge in [-0.15, -0.1) is 0 Å². The fourth-order valence-corrected chi connectivity index (χ4v) is 5.74. The van der Waals surface area contributed by atoms with Crippen LogP contribution in [0, 0.1) is 29.1 Å². The van der Waals surface area contributed by atoms with E-state index in [-0.39, 0.29) is 48.8 Å². The lowest BCUT2D eigenvalue weighted by Crippen LogP contribution is -2.61. The molecule has 5 amide bonds. The van der Waals surface area contributed by atoms with Crippen LogP contribution in [0.15, 0.2) is 30.3 Å². The molecule has 0 bridgehead atoms. The molecule has 0 saturated carbocycles. The monoisotopic (exact) mass is 730 g/mol. The normalized spacial score (nSPS) is 15.8. The van der Waals surface area contributed by atoms with E-state index < -0.39 is 71.3 Å². The molecule has 0 heterocycles. The average Bonchev–Trinajstić information content (AvgIpc) is 3.02. The number of rotatable bonds is 21. The van der Waals surface area contributed by atoms with E-state index in [1.54, 1.807) is 20.8 Å². The van der Waals surface area contributed by atoms with Gasteiger partial charge in [-0.25, -0.2) is 4.79 Å². The first-order valence-electron chi connectivity index (χ1n) is 18.6. The summed E-state index contributed by atoms with van der Waals surface area (Å²) < 4.78 is 0. The molecular weight excluding hydrogens is 664 g/mol. The van der Waals surface area contributed by atoms with Crippen molar-refractivity contribution in [2.24, 2.45) is 34.8 Å². The van der Waals surface area contributed by atoms with Crippen LogP contribution in [0.2, 0.25) is 0 Å². The number of aliphatic carboxylic acids is 1. The zero-order valence-corrected chi connectivity index (χ0v) is 33.2. The van der Waals surface area contributed by atoms with E-state index in [1.807, 2.05) is 85.7 Å². The third kappa shape index (κ3) is 16.1. The fraction of sp³-hybridized carbons (Fsp3) is 0.692. The Kier molecular flexibility index (Phi) is 19.0. The summed E-state index contributed by atoms with van der Waals surface area (Å²) in [6, 6.07) is 3.66. The van der Waals surface area contributed by atoms with Crippen LogP contribution >= 0.6 is 0 Å². The molecule has 0 saturated heterocycles. The lowest BCUT2D eigenvalue weighted by Gasteiger charge is -2.34. The van der Waals surface area contributed by atoms with Gasteiger partial charge in [-0.2, -0.15) is 0 Å². The lowest BCUT2D eigenvalue weighted by atomic mass is 9.85. The number of amides is 5. The van der Waals surface area contributed by atoms with Crippen molar-refractivity contribution < 1.29 is 33.9 Å². The number of nitrogens with two attached hydrogens (primary N) is 1. The molecule has 0 radical (unpaired) electrons. The van der Waals surface area contributed by atoms with Crippen molar-refractivity contribution in [2.75, 3.05) is 0 Å². The van der Waals surface area contributed by atoms with Crippen molar-refractivity contribution in [2.45, 2.75) is 145 Å². The van der Waals surface area contributed by atoms with Gasteiger partial charge in [0.05, 0.1) is 0 Å². The number of carboxylic acid groups (broad SMARTS) is 1. The van der Waals surface area contributed by atoms with Crippen LogP contribution in [0.4, 0.5) is 0 Å². The third-order valence-electron chi connectivity index (χ3n) is 8.97. The topological polar surface area (TPSA) is 209 Å². The number of carbonyl (C=O) groups is 6. The molecule has 52 heavy (non-hydrogen) atoms. The largest absolute Gasteiger partial charge is 0.480 e. The maximum absolute atomic E-state index is 14.1. The highest BCUT2D eigenvalue weighted by Crippen LogP contribution is 2.21. The Morgan fingerprint density at radius 3 is 1.77 bits per heavy atom. The molecule has 1 aromatic rings. The molecule has 294 valence electrons. The first kappa shape index (κ1) is 46.0. The van der Waals surface area contributed by atoms with Gasteiger partial charge < -0.3 is 37.4 Å². The zero-order valence-electron chi connectivity index (χ0n) is 33.2. The quantitative estimate of drug-likeness (QED) is 0.0996. The standard InChI is InChI=1S/C39H66N6O7/c1-12-25(8)33(36(49)44-32(24(6)7)38(51)52)43-31(47)21-27(40)28(20-26-16-14-13-15-17-26)42-37(50)34(39(9,10)11)45-35(48)29(18-22(2)3)41-30(46)19-23(4)5/h13-17,22-25,27-29,32-34H,12,18-21,40H2,1-11H3,(H,41,46)(H,42,50)(H,43,47)(H,44,49)(H,45,48)(H,51,52). The maximum atomic E-state index is 14.1. The third-order valence-corrected chi connectivity index (χ3v) is 8.97. The van der Waals surface area contributed by atoms with E-state index in [2.05, 4.69) is 26.6 Å². The van der Waals surface area contributed by atoms with Gasteiger partial charge in [0.15, 0.2) is 0 Å². The van der Waals surface area contributed by atoms with Crippen molar-refractivity contribution in [1.82, 2.24) is 26.6 Å². The van der Waals surface area contributed by atoms with Crippen LogP contribution in [-0.4, -0.2) is 76.9 Å². The number of hydrogen-bond acceptors (Lipinski definition) is 7. The second kappa shape index (κ2) is 21.5. The summed E-state index contributed by atoms with van der Waals surface area (Å²) in [6.45, 7) is 20.2. The van der Waals surface area contributed by atoms with Crippen LogP contribution in [0.25, 0.3) is 0 Å². The number of nitrogens with one attached hydrogen (secondary N) is 5. The van der Waals surface area contributed by atoms with Crippen LogP contribution < -0.4 is 32.3 Å². The minimum Gasteiger partial charge on any atom is -0.480 e. The molecule has 0 aromatic heterocycles. The predicted octanol–water partition coefficient (Wildman–Crippen LogP) is 3.30. The summed E-state index contributed by atoms with van der Waals surface area (Å²) in [4.78, 5) is 78.8. The van der Waals surface area contributed by atoms with Gasteiger partial charge in [-0.05, 0) is 47.5 Å². The van der Waals surface area contributed by atoms with Crippen LogP contribution in [0.5, 0.6) is 0 Å². The number of hydrogen-bond donors (Lipinski definition) is 7. The molecule has 0 aliphatic rings. The van der Waals surface area contributed by atoms with E-state index in [4.69, 9.17) is 5.73 Å². The summed E-state index contributed by atoms with van der Waals surface area (Å²) in [5.74, 6) is -4.01. The zero-order chi connectivity index (χ0) is 39.9. The van der Waals surface area contributed by atoms with Gasteiger partial charge in [0.1, 0.15) is 24.2 Å². The molecule has 8 N–H and O–H groups in total. The first-order chi connectivity index (χ1) is 24.1. The number of benzene rings is 1. The molecule has 0 fully saturated rings. The lowest BCUT2D eigenvalue weighted by molar-refractivity contribution is -0.143. The summed E-state index contributed by atoms with van der Waals surface area (Å²) in [6.07, 6.45) is 1.21. The van der Waals surface area contributed by atoms with E-state index >= 15 is 0 Å². The molecule has 7 unspecified atom stereocenters. The number of carbonyl (C=O) groups excluding carboxylic acids is 5. The molecule has 0 aliphatic heterocycles. The molecule has 13 nitrogen and oxygen atoms in total. The highest BCUT2D eigenvalue weighted by molar-refractivity contribution is 5.93. The fourth-order valence-electron chi connectivity index (χ4n) is 5.74. The van der Waals surface area contributed by atoms with E-state index in [9.17, 15) is 33.9 Å². The van der Waals surface area contributed by atoms with Crippen molar-refractivity contribution >= 4 is 35.5 Å². The number of carboxylic acids is 1. The molecule has 13 heteroatoms. The van der Waals surface area contributed by atoms with Crippen molar-refractivity contribution in [3.63, 3.8) is 0 Å². The summed E-state index contributed by atoms with van der Waals surface area (Å²) in [5.41, 5.74) is 6.77. The first-order valence-corrected chi connectivity index (χ1v) is 18.6. The second-order valence-electron chi connectivity index (χ2n) is 16.3. The molecule has 1 aromatic carbocycles. The Balaban J connectivity index is 3.31.